The Hall–Kier alpha value is -0.920. The number of hydrogen-bond donors (Lipinski definition) is 0. The van der Waals surface area contributed by atoms with E-state index in [2.05, 4.69) is 18.0 Å². The first-order valence-electron chi connectivity index (χ1n) is 7.14. The summed E-state index contributed by atoms with van der Waals surface area (Å²) in [5.41, 5.74) is 3.00. The molecule has 1 aromatic rings. The van der Waals surface area contributed by atoms with Gasteiger partial charge in [-0.05, 0) is 32.1 Å². The maximum Gasteiger partial charge on any atom is 0.0797 e. The third-order valence-corrected chi connectivity index (χ3v) is 5.14. The molecule has 0 aromatic carbocycles. The summed E-state index contributed by atoms with van der Waals surface area (Å²) in [6.07, 6.45) is 5.49. The second-order valence-electron chi connectivity index (χ2n) is 5.34. The van der Waals surface area contributed by atoms with Crippen LogP contribution in [0, 0.1) is 30.1 Å². The molecule has 0 aliphatic heterocycles. The third kappa shape index (κ3) is 3.77. The average molecular weight is 278 g/mol. The quantitative estimate of drug-likeness (QED) is 0.824. The molecule has 1 fully saturated rings. The molecule has 4 heteroatoms. The van der Waals surface area contributed by atoms with E-state index in [1.54, 1.807) is 11.3 Å². The van der Waals surface area contributed by atoms with Crippen molar-refractivity contribution < 1.29 is 4.74 Å². The van der Waals surface area contributed by atoms with Crippen molar-refractivity contribution in [3.05, 3.63) is 16.1 Å². The van der Waals surface area contributed by atoms with Gasteiger partial charge < -0.3 is 4.74 Å². The lowest BCUT2D eigenvalue weighted by Crippen LogP contribution is -2.31. The monoisotopic (exact) mass is 278 g/mol. The number of aryl methyl sites for hydroxylation is 1. The van der Waals surface area contributed by atoms with Crippen molar-refractivity contribution in [3.8, 4) is 6.07 Å². The molecule has 0 amide bonds. The summed E-state index contributed by atoms with van der Waals surface area (Å²) >= 11 is 1.69. The summed E-state index contributed by atoms with van der Waals surface area (Å²) in [5.74, 6) is 0.824. The first-order chi connectivity index (χ1) is 9.24. The van der Waals surface area contributed by atoms with Crippen molar-refractivity contribution in [2.24, 2.45) is 11.8 Å². The van der Waals surface area contributed by atoms with E-state index >= 15 is 0 Å². The molecule has 1 saturated carbocycles. The van der Waals surface area contributed by atoms with Crippen LogP contribution in [-0.2, 0) is 11.2 Å². The van der Waals surface area contributed by atoms with Gasteiger partial charge in [-0.15, -0.1) is 11.3 Å². The fraction of sp³-hybridized carbons (Fsp3) is 0.733. The highest BCUT2D eigenvalue weighted by Gasteiger charge is 2.30. The van der Waals surface area contributed by atoms with Crippen LogP contribution in [0.3, 0.4) is 0 Å². The second-order valence-corrected chi connectivity index (χ2v) is 6.28. The molecule has 0 radical (unpaired) electrons. The topological polar surface area (TPSA) is 45.9 Å². The van der Waals surface area contributed by atoms with Gasteiger partial charge in [-0.2, -0.15) is 5.26 Å². The Bertz CT molecular complexity index is 438. The van der Waals surface area contributed by atoms with Crippen LogP contribution in [0.1, 0.15) is 43.2 Å². The van der Waals surface area contributed by atoms with Crippen LogP contribution in [0.25, 0.3) is 0 Å². The molecule has 1 aliphatic rings. The molecule has 1 aliphatic carbocycles. The largest absolute Gasteiger partial charge is 0.376 e. The van der Waals surface area contributed by atoms with Crippen LogP contribution in [0.4, 0.5) is 0 Å². The molecule has 3 atom stereocenters. The number of nitriles is 1. The maximum absolute atomic E-state index is 9.21. The Morgan fingerprint density at radius 3 is 3.00 bits per heavy atom. The van der Waals surface area contributed by atoms with E-state index in [1.807, 2.05) is 12.4 Å². The van der Waals surface area contributed by atoms with Crippen LogP contribution in [0.5, 0.6) is 0 Å². The zero-order valence-electron chi connectivity index (χ0n) is 11.8. The molecular weight excluding hydrogens is 256 g/mol. The summed E-state index contributed by atoms with van der Waals surface area (Å²) in [6.45, 7) is 4.98. The van der Waals surface area contributed by atoms with Gasteiger partial charge in [-0.1, -0.05) is 13.3 Å². The molecule has 2 rings (SSSR count). The van der Waals surface area contributed by atoms with Crippen LogP contribution in [-0.4, -0.2) is 17.7 Å². The standard InChI is InChI=1S/C15H22N2OS/c1-3-12-4-5-13(9-16)14(8-12)18-7-6-15-11(2)17-10-19-15/h10,12-14H,3-8H2,1-2H3. The predicted octanol–water partition coefficient (Wildman–Crippen LogP) is 3.73. The minimum Gasteiger partial charge on any atom is -0.376 e. The number of hydrogen-bond acceptors (Lipinski definition) is 4. The fourth-order valence-corrected chi connectivity index (χ4v) is 3.55. The van der Waals surface area contributed by atoms with Gasteiger partial charge in [0.1, 0.15) is 0 Å². The van der Waals surface area contributed by atoms with E-state index in [-0.39, 0.29) is 12.0 Å². The summed E-state index contributed by atoms with van der Waals surface area (Å²) in [6, 6.07) is 2.42. The molecule has 1 heterocycles. The Kier molecular flexibility index (Phi) is 5.35. The van der Waals surface area contributed by atoms with Crippen molar-refractivity contribution in [1.82, 2.24) is 4.98 Å². The molecule has 3 nitrogen and oxygen atoms in total. The highest BCUT2D eigenvalue weighted by Crippen LogP contribution is 2.32. The third-order valence-electron chi connectivity index (χ3n) is 4.15. The molecule has 1 aromatic heterocycles. The number of thiazole rings is 1. The number of ether oxygens (including phenoxy) is 1. The van der Waals surface area contributed by atoms with Crippen LogP contribution >= 0.6 is 11.3 Å². The van der Waals surface area contributed by atoms with Crippen LogP contribution in [0.2, 0.25) is 0 Å². The summed E-state index contributed by atoms with van der Waals surface area (Å²) < 4.78 is 6.00. The van der Waals surface area contributed by atoms with E-state index in [4.69, 9.17) is 4.74 Å². The van der Waals surface area contributed by atoms with Gasteiger partial charge >= 0.3 is 0 Å². The van der Waals surface area contributed by atoms with Crippen molar-refractivity contribution in [1.29, 1.82) is 5.26 Å². The van der Waals surface area contributed by atoms with Gasteiger partial charge in [0.05, 0.1) is 35.9 Å². The average Bonchev–Trinajstić information content (AvgIpc) is 2.84. The van der Waals surface area contributed by atoms with Gasteiger partial charge in [-0.3, -0.25) is 0 Å². The molecule has 104 valence electrons. The lowest BCUT2D eigenvalue weighted by atomic mass is 9.79. The lowest BCUT2D eigenvalue weighted by molar-refractivity contribution is -0.00840. The molecule has 0 spiro atoms. The summed E-state index contributed by atoms with van der Waals surface area (Å²) in [4.78, 5) is 5.55. The number of nitrogens with zero attached hydrogens (tertiary/aromatic N) is 2. The number of rotatable bonds is 5. The van der Waals surface area contributed by atoms with Crippen LogP contribution in [0.15, 0.2) is 5.51 Å². The zero-order valence-corrected chi connectivity index (χ0v) is 12.6. The highest BCUT2D eigenvalue weighted by molar-refractivity contribution is 7.09. The van der Waals surface area contributed by atoms with E-state index < -0.39 is 0 Å². The van der Waals surface area contributed by atoms with Crippen molar-refractivity contribution in [3.63, 3.8) is 0 Å². The van der Waals surface area contributed by atoms with Gasteiger partial charge in [-0.25, -0.2) is 4.98 Å². The Balaban J connectivity index is 1.83. The molecule has 19 heavy (non-hydrogen) atoms. The maximum atomic E-state index is 9.21. The van der Waals surface area contributed by atoms with Crippen molar-refractivity contribution in [2.75, 3.05) is 6.61 Å². The Labute approximate surface area is 119 Å². The molecular formula is C15H22N2OS. The normalized spacial score (nSPS) is 27.1. The first kappa shape index (κ1) is 14.5. The van der Waals surface area contributed by atoms with Gasteiger partial charge in [0.15, 0.2) is 0 Å². The van der Waals surface area contributed by atoms with Crippen molar-refractivity contribution >= 4 is 11.3 Å². The van der Waals surface area contributed by atoms with E-state index in [1.165, 1.54) is 17.7 Å². The molecule has 3 unspecified atom stereocenters. The highest BCUT2D eigenvalue weighted by atomic mass is 32.1. The Morgan fingerprint density at radius 1 is 1.53 bits per heavy atom. The van der Waals surface area contributed by atoms with E-state index in [0.717, 1.165) is 30.9 Å². The summed E-state index contributed by atoms with van der Waals surface area (Å²) in [7, 11) is 0. The Morgan fingerprint density at radius 2 is 2.37 bits per heavy atom. The van der Waals surface area contributed by atoms with Crippen molar-refractivity contribution in [2.45, 2.75) is 52.1 Å². The fourth-order valence-electron chi connectivity index (χ4n) is 2.78. The molecule has 0 N–H and O–H groups in total. The van der Waals surface area contributed by atoms with Crippen LogP contribution < -0.4 is 0 Å². The smallest absolute Gasteiger partial charge is 0.0797 e. The first-order valence-corrected chi connectivity index (χ1v) is 8.02. The second kappa shape index (κ2) is 7.02. The zero-order chi connectivity index (χ0) is 13.7. The lowest BCUT2D eigenvalue weighted by Gasteiger charge is -2.32. The summed E-state index contributed by atoms with van der Waals surface area (Å²) in [5, 5.41) is 9.21. The van der Waals surface area contributed by atoms with Gasteiger partial charge in [0.2, 0.25) is 0 Å². The van der Waals surface area contributed by atoms with Gasteiger partial charge in [0, 0.05) is 11.3 Å². The molecule has 0 saturated heterocycles. The van der Waals surface area contributed by atoms with Gasteiger partial charge in [0.25, 0.3) is 0 Å². The minimum absolute atomic E-state index is 0.0883. The minimum atomic E-state index is 0.0883. The predicted molar refractivity (Wildman–Crippen MR) is 77.0 cm³/mol. The molecule has 0 bridgehead atoms. The SMILES string of the molecule is CCC1CCC(C#N)C(OCCc2scnc2C)C1. The van der Waals surface area contributed by atoms with E-state index in [9.17, 15) is 5.26 Å². The van der Waals surface area contributed by atoms with E-state index in [0.29, 0.717) is 6.61 Å². The number of aromatic nitrogens is 1.